The van der Waals surface area contributed by atoms with E-state index >= 15 is 0 Å². The highest BCUT2D eigenvalue weighted by atomic mass is 16.5. The van der Waals surface area contributed by atoms with E-state index < -0.39 is 5.97 Å². The van der Waals surface area contributed by atoms with Crippen molar-refractivity contribution in [3.8, 4) is 0 Å². The third kappa shape index (κ3) is 14.7. The Bertz CT molecular complexity index is 273. The standard InChI is InChI=1S/C14H22O3/c1-2-3-4-5-6-9-12-17-13-10-7-8-11-14(15)16/h5-6,8,10H,2-4,9,11-13H2,1H3,(H,15,16). The molecule has 3 nitrogen and oxygen atoms in total. The lowest BCUT2D eigenvalue weighted by atomic mass is 10.2. The Morgan fingerprint density at radius 3 is 2.76 bits per heavy atom. The van der Waals surface area contributed by atoms with Crippen molar-refractivity contribution in [1.29, 1.82) is 0 Å². The van der Waals surface area contributed by atoms with Crippen LogP contribution in [0.3, 0.4) is 0 Å². The Morgan fingerprint density at radius 1 is 1.29 bits per heavy atom. The van der Waals surface area contributed by atoms with Crippen LogP contribution in [0, 0.1) is 0 Å². The Labute approximate surface area is 103 Å². The van der Waals surface area contributed by atoms with Crippen LogP contribution in [0.5, 0.6) is 0 Å². The fraction of sp³-hybridized carbons (Fsp3) is 0.571. The molecule has 96 valence electrons. The van der Waals surface area contributed by atoms with E-state index in [1.165, 1.54) is 18.9 Å². The summed E-state index contributed by atoms with van der Waals surface area (Å²) in [7, 11) is 0. The molecule has 0 aromatic rings. The second kappa shape index (κ2) is 12.8. The topological polar surface area (TPSA) is 46.5 Å². The molecule has 0 aliphatic carbocycles. The first-order valence-corrected chi connectivity index (χ1v) is 6.11. The van der Waals surface area contributed by atoms with E-state index in [9.17, 15) is 4.79 Å². The maximum Gasteiger partial charge on any atom is 0.307 e. The van der Waals surface area contributed by atoms with E-state index in [4.69, 9.17) is 9.84 Å². The summed E-state index contributed by atoms with van der Waals surface area (Å²) in [6.07, 6.45) is 12.1. The van der Waals surface area contributed by atoms with E-state index in [1.54, 1.807) is 6.08 Å². The van der Waals surface area contributed by atoms with Gasteiger partial charge in [-0.2, -0.15) is 0 Å². The maximum atomic E-state index is 10.2. The van der Waals surface area contributed by atoms with Gasteiger partial charge in [-0.25, -0.2) is 0 Å². The number of rotatable bonds is 10. The van der Waals surface area contributed by atoms with Gasteiger partial charge in [0.25, 0.3) is 0 Å². The minimum Gasteiger partial charge on any atom is -0.481 e. The number of aliphatic carboxylic acids is 1. The number of hydrogen-bond donors (Lipinski definition) is 1. The van der Waals surface area contributed by atoms with Gasteiger partial charge in [0.1, 0.15) is 0 Å². The molecule has 0 aromatic carbocycles. The van der Waals surface area contributed by atoms with E-state index in [-0.39, 0.29) is 6.42 Å². The average Bonchev–Trinajstić information content (AvgIpc) is 2.30. The number of unbranched alkanes of at least 4 members (excludes halogenated alkanes) is 2. The van der Waals surface area contributed by atoms with Crippen molar-refractivity contribution in [3.05, 3.63) is 30.0 Å². The van der Waals surface area contributed by atoms with Crippen molar-refractivity contribution in [1.82, 2.24) is 0 Å². The molecule has 0 saturated carbocycles. The summed E-state index contributed by atoms with van der Waals surface area (Å²) in [6.45, 7) is 3.36. The van der Waals surface area contributed by atoms with Crippen LogP contribution in [0.25, 0.3) is 0 Å². The summed E-state index contributed by atoms with van der Waals surface area (Å²) in [4.78, 5) is 10.2. The van der Waals surface area contributed by atoms with Crippen LogP contribution in [0.2, 0.25) is 0 Å². The lowest BCUT2D eigenvalue weighted by Gasteiger charge is -1.95. The van der Waals surface area contributed by atoms with Gasteiger partial charge in [0, 0.05) is 0 Å². The smallest absolute Gasteiger partial charge is 0.307 e. The number of carboxylic acid groups (broad SMARTS) is 1. The maximum absolute atomic E-state index is 10.2. The van der Waals surface area contributed by atoms with Gasteiger partial charge in [-0.15, -0.1) is 5.73 Å². The summed E-state index contributed by atoms with van der Waals surface area (Å²) in [5.41, 5.74) is 2.76. The monoisotopic (exact) mass is 238 g/mol. The van der Waals surface area contributed by atoms with Gasteiger partial charge in [-0.3, -0.25) is 4.79 Å². The van der Waals surface area contributed by atoms with Crippen molar-refractivity contribution in [2.45, 2.75) is 39.0 Å². The molecule has 0 heterocycles. The molecule has 0 unspecified atom stereocenters. The molecule has 0 amide bonds. The van der Waals surface area contributed by atoms with Gasteiger partial charge in [0.05, 0.1) is 19.6 Å². The van der Waals surface area contributed by atoms with Crippen LogP contribution >= 0.6 is 0 Å². The van der Waals surface area contributed by atoms with E-state index in [1.807, 2.05) is 0 Å². The van der Waals surface area contributed by atoms with Gasteiger partial charge in [0.2, 0.25) is 0 Å². The Balaban J connectivity index is 3.31. The third-order valence-electron chi connectivity index (χ3n) is 2.03. The SMILES string of the molecule is CCCCC=CCCOCC=C=CCC(=O)O. The molecule has 3 heteroatoms. The van der Waals surface area contributed by atoms with Gasteiger partial charge >= 0.3 is 5.97 Å². The highest BCUT2D eigenvalue weighted by Gasteiger charge is 1.86. The van der Waals surface area contributed by atoms with Crippen molar-refractivity contribution in [2.24, 2.45) is 0 Å². The third-order valence-corrected chi connectivity index (χ3v) is 2.03. The normalized spacial score (nSPS) is 10.2. The lowest BCUT2D eigenvalue weighted by Crippen LogP contribution is -1.92. The zero-order valence-corrected chi connectivity index (χ0v) is 10.5. The van der Waals surface area contributed by atoms with Crippen LogP contribution in [-0.4, -0.2) is 24.3 Å². The molecule has 0 radical (unpaired) electrons. The van der Waals surface area contributed by atoms with Crippen LogP contribution in [0.1, 0.15) is 39.0 Å². The molecule has 0 aliphatic heterocycles. The molecule has 0 aromatic heterocycles. The summed E-state index contributed by atoms with van der Waals surface area (Å²) in [5, 5.41) is 8.35. The van der Waals surface area contributed by atoms with E-state index in [0.29, 0.717) is 13.2 Å². The summed E-state index contributed by atoms with van der Waals surface area (Å²) in [5.74, 6) is -0.843. The van der Waals surface area contributed by atoms with E-state index in [2.05, 4.69) is 24.8 Å². The number of hydrogen-bond acceptors (Lipinski definition) is 2. The van der Waals surface area contributed by atoms with Gasteiger partial charge in [-0.05, 0) is 25.0 Å². The molecule has 0 atom stereocenters. The number of carboxylic acids is 1. The molecule has 0 fully saturated rings. The molecule has 0 saturated heterocycles. The lowest BCUT2D eigenvalue weighted by molar-refractivity contribution is -0.135. The second-order valence-corrected chi connectivity index (χ2v) is 3.65. The van der Waals surface area contributed by atoms with Crippen molar-refractivity contribution in [3.63, 3.8) is 0 Å². The van der Waals surface area contributed by atoms with E-state index in [0.717, 1.165) is 12.8 Å². The average molecular weight is 238 g/mol. The first kappa shape index (κ1) is 15.7. The van der Waals surface area contributed by atoms with Gasteiger partial charge < -0.3 is 9.84 Å². The number of allylic oxidation sites excluding steroid dienone is 1. The summed E-state index contributed by atoms with van der Waals surface area (Å²) >= 11 is 0. The van der Waals surface area contributed by atoms with Gasteiger partial charge in [-0.1, -0.05) is 31.9 Å². The van der Waals surface area contributed by atoms with Crippen molar-refractivity contribution in [2.75, 3.05) is 13.2 Å². The fourth-order valence-electron chi connectivity index (χ4n) is 1.13. The summed E-state index contributed by atoms with van der Waals surface area (Å²) < 4.78 is 5.31. The molecule has 17 heavy (non-hydrogen) atoms. The highest BCUT2D eigenvalue weighted by Crippen LogP contribution is 1.96. The first-order valence-electron chi connectivity index (χ1n) is 6.11. The van der Waals surface area contributed by atoms with Crippen molar-refractivity contribution >= 4 is 5.97 Å². The first-order chi connectivity index (χ1) is 8.27. The summed E-state index contributed by atoms with van der Waals surface area (Å²) in [6, 6.07) is 0. The predicted octanol–water partition coefficient (Wildman–Crippen LogP) is 3.33. The molecule has 0 aliphatic rings. The zero-order valence-electron chi connectivity index (χ0n) is 10.5. The number of ether oxygens (including phenoxy) is 1. The number of carbonyl (C=O) groups is 1. The Kier molecular flexibility index (Phi) is 11.8. The minimum atomic E-state index is -0.843. The molecule has 0 rings (SSSR count). The van der Waals surface area contributed by atoms with Crippen molar-refractivity contribution < 1.29 is 14.6 Å². The quantitative estimate of drug-likeness (QED) is 0.361. The highest BCUT2D eigenvalue weighted by molar-refractivity contribution is 5.68. The Hall–Kier alpha value is -1.31. The second-order valence-electron chi connectivity index (χ2n) is 3.65. The van der Waals surface area contributed by atoms with Gasteiger partial charge in [0.15, 0.2) is 0 Å². The molecular formula is C14H22O3. The minimum absolute atomic E-state index is 0.0106. The largest absolute Gasteiger partial charge is 0.481 e. The van der Waals surface area contributed by atoms with Crippen LogP contribution in [-0.2, 0) is 9.53 Å². The van der Waals surface area contributed by atoms with Crippen LogP contribution < -0.4 is 0 Å². The molecule has 0 bridgehead atoms. The zero-order chi connectivity index (χ0) is 12.8. The fourth-order valence-corrected chi connectivity index (χ4v) is 1.13. The van der Waals surface area contributed by atoms with Crippen LogP contribution in [0.4, 0.5) is 0 Å². The Morgan fingerprint density at radius 2 is 2.06 bits per heavy atom. The predicted molar refractivity (Wildman–Crippen MR) is 69.0 cm³/mol. The molecular weight excluding hydrogens is 216 g/mol. The van der Waals surface area contributed by atoms with Crippen LogP contribution in [0.15, 0.2) is 30.0 Å². The molecule has 0 spiro atoms. The molecule has 1 N–H and O–H groups in total.